The third-order valence-electron chi connectivity index (χ3n) is 5.64. The fraction of sp³-hybridized carbons (Fsp3) is 0.875. The molecule has 4 bridgehead atoms. The van der Waals surface area contributed by atoms with Crippen molar-refractivity contribution in [1.82, 2.24) is 5.32 Å². The average Bonchev–Trinajstić information content (AvgIpc) is 2.33. The molecule has 1 amide bonds. The lowest BCUT2D eigenvalue weighted by Gasteiger charge is -2.58. The van der Waals surface area contributed by atoms with E-state index in [1.807, 2.05) is 13.8 Å². The lowest BCUT2D eigenvalue weighted by molar-refractivity contribution is -0.127. The molecule has 0 saturated heterocycles. The fourth-order valence-electron chi connectivity index (χ4n) is 5.16. The molecule has 3 nitrogen and oxygen atoms in total. The number of carbonyl (C=O) groups is 1. The van der Waals surface area contributed by atoms with Crippen molar-refractivity contribution in [2.45, 2.75) is 58.4 Å². The maximum atomic E-state index is 11.9. The van der Waals surface area contributed by atoms with Gasteiger partial charge in [0.2, 0.25) is 5.91 Å². The predicted octanol–water partition coefficient (Wildman–Crippen LogP) is 2.87. The molecule has 0 aromatic carbocycles. The first-order chi connectivity index (χ1) is 9.02. The minimum Gasteiger partial charge on any atom is -0.340 e. The lowest BCUT2D eigenvalue weighted by atomic mass is 9.48. The Kier molecular flexibility index (Phi) is 3.08. The molecule has 1 unspecified atom stereocenters. The largest absolute Gasteiger partial charge is 0.340 e. The molecule has 4 rings (SSSR count). The van der Waals surface area contributed by atoms with Crippen LogP contribution < -0.4 is 5.32 Å². The summed E-state index contributed by atoms with van der Waals surface area (Å²) in [7, 11) is 0. The van der Waals surface area contributed by atoms with Crippen molar-refractivity contribution in [2.75, 3.05) is 0 Å². The molecule has 0 spiro atoms. The van der Waals surface area contributed by atoms with E-state index in [0.717, 1.165) is 37.0 Å². The SMILES string of the molecule is CC(C)C(=O)NC(C#N)C12CC3CC(CC(C3)C1)C2. The van der Waals surface area contributed by atoms with Crippen LogP contribution in [0, 0.1) is 40.4 Å². The Morgan fingerprint density at radius 1 is 1.16 bits per heavy atom. The van der Waals surface area contributed by atoms with E-state index in [-0.39, 0.29) is 23.3 Å². The lowest BCUT2D eigenvalue weighted by Crippen LogP contribution is -2.56. The Labute approximate surface area is 115 Å². The Hall–Kier alpha value is -1.04. The Morgan fingerprint density at radius 3 is 2.00 bits per heavy atom. The maximum absolute atomic E-state index is 11.9. The van der Waals surface area contributed by atoms with Crippen molar-refractivity contribution in [3.8, 4) is 6.07 Å². The summed E-state index contributed by atoms with van der Waals surface area (Å²) in [5.41, 5.74) is 0.0913. The molecule has 0 aromatic heterocycles. The number of rotatable bonds is 3. The Morgan fingerprint density at radius 2 is 1.63 bits per heavy atom. The van der Waals surface area contributed by atoms with Gasteiger partial charge in [-0.2, -0.15) is 5.26 Å². The molecule has 1 atom stereocenters. The summed E-state index contributed by atoms with van der Waals surface area (Å²) in [5, 5.41) is 12.6. The molecule has 4 aliphatic carbocycles. The highest BCUT2D eigenvalue weighted by Crippen LogP contribution is 2.61. The zero-order valence-electron chi connectivity index (χ0n) is 12.0. The van der Waals surface area contributed by atoms with Crippen LogP contribution in [-0.4, -0.2) is 11.9 Å². The number of hydrogen-bond acceptors (Lipinski definition) is 2. The van der Waals surface area contributed by atoms with Crippen molar-refractivity contribution in [1.29, 1.82) is 5.26 Å². The molecular formula is C16H24N2O. The van der Waals surface area contributed by atoms with Crippen molar-refractivity contribution in [3.63, 3.8) is 0 Å². The summed E-state index contributed by atoms with van der Waals surface area (Å²) in [4.78, 5) is 11.9. The first-order valence-electron chi connectivity index (χ1n) is 7.72. The summed E-state index contributed by atoms with van der Waals surface area (Å²) < 4.78 is 0. The zero-order chi connectivity index (χ0) is 13.6. The van der Waals surface area contributed by atoms with Gasteiger partial charge in [-0.1, -0.05) is 13.8 Å². The molecule has 1 N–H and O–H groups in total. The van der Waals surface area contributed by atoms with Gasteiger partial charge in [0.1, 0.15) is 6.04 Å². The van der Waals surface area contributed by atoms with Gasteiger partial charge >= 0.3 is 0 Å². The van der Waals surface area contributed by atoms with E-state index in [4.69, 9.17) is 0 Å². The van der Waals surface area contributed by atoms with Gasteiger partial charge in [0.05, 0.1) is 6.07 Å². The van der Waals surface area contributed by atoms with Crippen LogP contribution in [0.3, 0.4) is 0 Å². The minimum atomic E-state index is -0.268. The van der Waals surface area contributed by atoms with Crippen LogP contribution in [0.25, 0.3) is 0 Å². The molecule has 4 fully saturated rings. The molecule has 0 heterocycles. The van der Waals surface area contributed by atoms with Gasteiger partial charge in [-0.3, -0.25) is 4.79 Å². The van der Waals surface area contributed by atoms with Crippen molar-refractivity contribution in [3.05, 3.63) is 0 Å². The van der Waals surface area contributed by atoms with E-state index in [9.17, 15) is 10.1 Å². The van der Waals surface area contributed by atoms with E-state index in [2.05, 4.69) is 11.4 Å². The standard InChI is InChI=1S/C16H24N2O/c1-10(2)15(19)18-14(9-17)16-6-11-3-12(7-16)5-13(4-11)8-16/h10-14H,3-8H2,1-2H3,(H,18,19). The quantitative estimate of drug-likeness (QED) is 0.848. The highest BCUT2D eigenvalue weighted by atomic mass is 16.1. The van der Waals surface area contributed by atoms with E-state index in [1.165, 1.54) is 19.3 Å². The summed E-state index contributed by atoms with van der Waals surface area (Å²) in [6.45, 7) is 3.78. The van der Waals surface area contributed by atoms with Gasteiger partial charge in [-0.15, -0.1) is 0 Å². The number of nitrogens with one attached hydrogen (secondary N) is 1. The third kappa shape index (κ3) is 2.16. The summed E-state index contributed by atoms with van der Waals surface area (Å²) in [6, 6.07) is 2.15. The smallest absolute Gasteiger partial charge is 0.223 e. The van der Waals surface area contributed by atoms with Crippen LogP contribution in [0.1, 0.15) is 52.4 Å². The van der Waals surface area contributed by atoms with E-state index in [0.29, 0.717) is 0 Å². The molecule has 4 saturated carbocycles. The zero-order valence-corrected chi connectivity index (χ0v) is 12.0. The first kappa shape index (κ1) is 13.0. The Balaban J connectivity index is 1.79. The van der Waals surface area contributed by atoms with E-state index >= 15 is 0 Å². The van der Waals surface area contributed by atoms with Crippen molar-refractivity contribution in [2.24, 2.45) is 29.1 Å². The molecule has 3 heteroatoms. The van der Waals surface area contributed by atoms with Gasteiger partial charge in [-0.25, -0.2) is 0 Å². The second kappa shape index (κ2) is 4.51. The topological polar surface area (TPSA) is 52.9 Å². The number of hydrogen-bond donors (Lipinski definition) is 1. The van der Waals surface area contributed by atoms with Crippen LogP contribution in [0.4, 0.5) is 0 Å². The van der Waals surface area contributed by atoms with Crippen LogP contribution in [0.15, 0.2) is 0 Å². The van der Waals surface area contributed by atoms with Crippen LogP contribution in [-0.2, 0) is 4.79 Å². The molecule has 19 heavy (non-hydrogen) atoms. The summed E-state index contributed by atoms with van der Waals surface area (Å²) in [5.74, 6) is 2.45. The predicted molar refractivity (Wildman–Crippen MR) is 73.0 cm³/mol. The summed E-state index contributed by atoms with van der Waals surface area (Å²) in [6.07, 6.45) is 7.60. The van der Waals surface area contributed by atoms with Crippen LogP contribution in [0.5, 0.6) is 0 Å². The van der Waals surface area contributed by atoms with E-state index in [1.54, 1.807) is 0 Å². The summed E-state index contributed by atoms with van der Waals surface area (Å²) >= 11 is 0. The highest BCUT2D eigenvalue weighted by Gasteiger charge is 2.54. The molecule has 0 aliphatic heterocycles. The van der Waals surface area contributed by atoms with Crippen LogP contribution >= 0.6 is 0 Å². The second-order valence-corrected chi connectivity index (χ2v) is 7.51. The number of nitriles is 1. The molecule has 4 aliphatic rings. The van der Waals surface area contributed by atoms with Crippen molar-refractivity contribution < 1.29 is 4.79 Å². The number of carbonyl (C=O) groups excluding carboxylic acids is 1. The highest BCUT2D eigenvalue weighted by molar-refractivity contribution is 5.78. The molecule has 104 valence electrons. The Bertz CT molecular complexity index is 386. The molecular weight excluding hydrogens is 236 g/mol. The third-order valence-corrected chi connectivity index (χ3v) is 5.64. The van der Waals surface area contributed by atoms with Gasteiger partial charge in [0.15, 0.2) is 0 Å². The maximum Gasteiger partial charge on any atom is 0.223 e. The fourth-order valence-corrected chi connectivity index (χ4v) is 5.16. The monoisotopic (exact) mass is 260 g/mol. The molecule has 0 aromatic rings. The van der Waals surface area contributed by atoms with E-state index < -0.39 is 0 Å². The number of nitrogens with zero attached hydrogens (tertiary/aromatic N) is 1. The first-order valence-corrected chi connectivity index (χ1v) is 7.72. The molecule has 0 radical (unpaired) electrons. The second-order valence-electron chi connectivity index (χ2n) is 7.51. The average molecular weight is 260 g/mol. The minimum absolute atomic E-state index is 0.0299. The van der Waals surface area contributed by atoms with Crippen molar-refractivity contribution >= 4 is 5.91 Å². The van der Waals surface area contributed by atoms with Gasteiger partial charge in [-0.05, 0) is 56.3 Å². The number of amides is 1. The van der Waals surface area contributed by atoms with Gasteiger partial charge in [0, 0.05) is 11.3 Å². The van der Waals surface area contributed by atoms with Gasteiger partial charge < -0.3 is 5.32 Å². The van der Waals surface area contributed by atoms with Crippen LogP contribution in [0.2, 0.25) is 0 Å². The van der Waals surface area contributed by atoms with Gasteiger partial charge in [0.25, 0.3) is 0 Å². The normalized spacial score (nSPS) is 41.1.